The highest BCUT2D eigenvalue weighted by Crippen LogP contribution is 2.35. The lowest BCUT2D eigenvalue weighted by Gasteiger charge is -2.08. The molecule has 1 heterocycles. The number of nitriles is 1. The Bertz CT molecular complexity index is 814. The zero-order chi connectivity index (χ0) is 16.3. The van der Waals surface area contributed by atoms with Gasteiger partial charge in [0, 0.05) is 11.8 Å². The second kappa shape index (κ2) is 6.20. The summed E-state index contributed by atoms with van der Waals surface area (Å²) in [6.45, 7) is 1.38. The van der Waals surface area contributed by atoms with Gasteiger partial charge in [-0.2, -0.15) is 5.26 Å². The lowest BCUT2D eigenvalue weighted by atomic mass is 10.1. The van der Waals surface area contributed by atoms with Crippen molar-refractivity contribution >= 4 is 23.1 Å². The highest BCUT2D eigenvalue weighted by atomic mass is 35.5. The van der Waals surface area contributed by atoms with Crippen molar-refractivity contribution in [3.05, 3.63) is 56.7 Å². The molecule has 1 aromatic carbocycles. The maximum atomic E-state index is 11.3. The van der Waals surface area contributed by atoms with Crippen LogP contribution in [-0.2, 0) is 0 Å². The molecule has 22 heavy (non-hydrogen) atoms. The summed E-state index contributed by atoms with van der Waals surface area (Å²) in [6.07, 6.45) is 1.22. The Hall–Kier alpha value is -2.98. The van der Waals surface area contributed by atoms with E-state index in [9.17, 15) is 14.9 Å². The van der Waals surface area contributed by atoms with Gasteiger partial charge in [0.1, 0.15) is 17.4 Å². The van der Waals surface area contributed by atoms with E-state index in [-0.39, 0.29) is 28.0 Å². The average Bonchev–Trinajstić information content (AvgIpc) is 2.48. The van der Waals surface area contributed by atoms with Gasteiger partial charge in [-0.15, -0.1) is 0 Å². The molecule has 0 amide bonds. The maximum Gasteiger partial charge on any atom is 0.348 e. The lowest BCUT2D eigenvalue weighted by molar-refractivity contribution is -0.386. The monoisotopic (exact) mass is 317 g/mol. The summed E-state index contributed by atoms with van der Waals surface area (Å²) in [6, 6.07) is 7.19. The van der Waals surface area contributed by atoms with E-state index in [1.165, 1.54) is 37.4 Å². The van der Waals surface area contributed by atoms with Gasteiger partial charge in [-0.3, -0.25) is 14.9 Å². The zero-order valence-corrected chi connectivity index (χ0v) is 12.0. The lowest BCUT2D eigenvalue weighted by Crippen LogP contribution is -1.99. The summed E-state index contributed by atoms with van der Waals surface area (Å²) < 4.78 is 5.33. The number of aromatic nitrogens is 1. The first-order valence-electron chi connectivity index (χ1n) is 5.96. The Labute approximate surface area is 129 Å². The predicted molar refractivity (Wildman–Crippen MR) is 77.1 cm³/mol. The van der Waals surface area contributed by atoms with Crippen LogP contribution in [0.15, 0.2) is 30.5 Å². The van der Waals surface area contributed by atoms with Gasteiger partial charge in [0.05, 0.1) is 9.95 Å². The van der Waals surface area contributed by atoms with Crippen LogP contribution < -0.4 is 4.74 Å². The third-order valence-corrected chi connectivity index (χ3v) is 3.03. The molecule has 0 radical (unpaired) electrons. The first-order chi connectivity index (χ1) is 10.4. The van der Waals surface area contributed by atoms with Crippen LogP contribution in [0.3, 0.4) is 0 Å². The number of benzene rings is 1. The molecule has 2 aromatic rings. The Morgan fingerprint density at radius 3 is 2.73 bits per heavy atom. The molecule has 8 heteroatoms. The third-order valence-electron chi connectivity index (χ3n) is 2.74. The van der Waals surface area contributed by atoms with Crippen LogP contribution in [0.2, 0.25) is 5.02 Å². The average molecular weight is 318 g/mol. The SMILES string of the molecule is CC(=O)c1ccc(Oc2nccc(C#N)c2[N+](=O)[O-])c(Cl)c1. The van der Waals surface area contributed by atoms with Gasteiger partial charge in [0.25, 0.3) is 0 Å². The van der Waals surface area contributed by atoms with Crippen LogP contribution in [0.5, 0.6) is 11.6 Å². The minimum atomic E-state index is -0.751. The molecule has 0 N–H and O–H groups in total. The quantitative estimate of drug-likeness (QED) is 0.485. The molecular weight excluding hydrogens is 310 g/mol. The molecule has 0 saturated heterocycles. The van der Waals surface area contributed by atoms with E-state index in [0.29, 0.717) is 5.56 Å². The van der Waals surface area contributed by atoms with Gasteiger partial charge >= 0.3 is 11.6 Å². The molecule has 0 atom stereocenters. The van der Waals surface area contributed by atoms with Crippen LogP contribution in [0.1, 0.15) is 22.8 Å². The number of rotatable bonds is 4. The Morgan fingerprint density at radius 2 is 2.18 bits per heavy atom. The standard InChI is InChI=1S/C14H8ClN3O4/c1-8(19)9-2-3-12(11(15)6-9)22-14-13(18(20)21)10(7-16)4-5-17-14/h2-6H,1H3. The molecule has 0 fully saturated rings. The van der Waals surface area contributed by atoms with Gasteiger partial charge < -0.3 is 4.74 Å². The maximum absolute atomic E-state index is 11.3. The highest BCUT2D eigenvalue weighted by molar-refractivity contribution is 6.32. The summed E-state index contributed by atoms with van der Waals surface area (Å²) in [7, 11) is 0. The van der Waals surface area contributed by atoms with Gasteiger partial charge in [0.2, 0.25) is 0 Å². The van der Waals surface area contributed by atoms with Crippen molar-refractivity contribution in [1.29, 1.82) is 5.26 Å². The van der Waals surface area contributed by atoms with E-state index in [2.05, 4.69) is 4.98 Å². The Kier molecular flexibility index (Phi) is 4.34. The summed E-state index contributed by atoms with van der Waals surface area (Å²) >= 11 is 5.99. The van der Waals surface area contributed by atoms with E-state index >= 15 is 0 Å². The van der Waals surface area contributed by atoms with Crippen LogP contribution in [-0.4, -0.2) is 15.7 Å². The van der Waals surface area contributed by atoms with Gasteiger partial charge in [0.15, 0.2) is 5.78 Å². The van der Waals surface area contributed by atoms with E-state index in [1.54, 1.807) is 6.07 Å². The summed E-state index contributed by atoms with van der Waals surface area (Å²) in [4.78, 5) is 25.3. The normalized spacial score (nSPS) is 9.86. The van der Waals surface area contributed by atoms with Crippen molar-refractivity contribution in [1.82, 2.24) is 4.98 Å². The number of hydrogen-bond donors (Lipinski definition) is 0. The number of halogens is 1. The van der Waals surface area contributed by atoms with E-state index < -0.39 is 10.6 Å². The number of carbonyl (C=O) groups is 1. The fourth-order valence-electron chi connectivity index (χ4n) is 1.68. The topological polar surface area (TPSA) is 106 Å². The summed E-state index contributed by atoms with van der Waals surface area (Å²) in [5.74, 6) is -0.428. The van der Waals surface area contributed by atoms with Crippen molar-refractivity contribution in [2.24, 2.45) is 0 Å². The fraction of sp³-hybridized carbons (Fsp3) is 0.0714. The molecule has 2 rings (SSSR count). The van der Waals surface area contributed by atoms with Crippen molar-refractivity contribution in [2.45, 2.75) is 6.92 Å². The van der Waals surface area contributed by atoms with Crippen molar-refractivity contribution < 1.29 is 14.5 Å². The molecule has 7 nitrogen and oxygen atoms in total. The molecule has 0 bridgehead atoms. The third kappa shape index (κ3) is 3.02. The smallest absolute Gasteiger partial charge is 0.348 e. The van der Waals surface area contributed by atoms with Gasteiger partial charge in [-0.25, -0.2) is 4.98 Å². The zero-order valence-electron chi connectivity index (χ0n) is 11.2. The number of pyridine rings is 1. The Balaban J connectivity index is 2.46. The number of hydrogen-bond acceptors (Lipinski definition) is 6. The van der Waals surface area contributed by atoms with E-state index in [0.717, 1.165) is 0 Å². The number of ketones is 1. The first kappa shape index (κ1) is 15.4. The minimum Gasteiger partial charge on any atom is -0.432 e. The minimum absolute atomic E-state index is 0.0948. The molecule has 0 aliphatic rings. The first-order valence-corrected chi connectivity index (χ1v) is 6.33. The second-order valence-corrected chi connectivity index (χ2v) is 4.59. The molecule has 0 spiro atoms. The van der Waals surface area contributed by atoms with Gasteiger partial charge in [-0.1, -0.05) is 11.6 Å². The largest absolute Gasteiger partial charge is 0.432 e. The summed E-state index contributed by atoms with van der Waals surface area (Å²) in [5, 5.41) is 20.1. The molecule has 0 aliphatic heterocycles. The van der Waals surface area contributed by atoms with Crippen LogP contribution in [0, 0.1) is 21.4 Å². The second-order valence-electron chi connectivity index (χ2n) is 4.18. The van der Waals surface area contributed by atoms with E-state index in [1.807, 2.05) is 0 Å². The number of ether oxygens (including phenoxy) is 1. The van der Waals surface area contributed by atoms with Crippen molar-refractivity contribution in [2.75, 3.05) is 0 Å². The van der Waals surface area contributed by atoms with Crippen molar-refractivity contribution in [3.8, 4) is 17.7 Å². The molecular formula is C14H8ClN3O4. The molecule has 0 saturated carbocycles. The number of nitro groups is 1. The van der Waals surface area contributed by atoms with E-state index in [4.69, 9.17) is 21.6 Å². The van der Waals surface area contributed by atoms with Crippen molar-refractivity contribution in [3.63, 3.8) is 0 Å². The molecule has 0 aliphatic carbocycles. The molecule has 0 unspecified atom stereocenters. The number of carbonyl (C=O) groups excluding carboxylic acids is 1. The fourth-order valence-corrected chi connectivity index (χ4v) is 1.90. The van der Waals surface area contributed by atoms with Crippen LogP contribution in [0.4, 0.5) is 5.69 Å². The number of nitrogens with zero attached hydrogens (tertiary/aromatic N) is 3. The summed E-state index contributed by atoms with van der Waals surface area (Å²) in [5.41, 5.74) is -0.339. The predicted octanol–water partition coefficient (Wildman–Crippen LogP) is 3.51. The Morgan fingerprint density at radius 1 is 1.45 bits per heavy atom. The molecule has 1 aromatic heterocycles. The van der Waals surface area contributed by atoms with Crippen LogP contribution in [0.25, 0.3) is 0 Å². The molecule has 110 valence electrons. The highest BCUT2D eigenvalue weighted by Gasteiger charge is 2.24. The van der Waals surface area contributed by atoms with Gasteiger partial charge in [-0.05, 0) is 31.2 Å². The number of Topliss-reactive ketones (excluding diaryl/α,β-unsaturated/α-hetero) is 1. The van der Waals surface area contributed by atoms with Crippen LogP contribution >= 0.6 is 11.6 Å².